The van der Waals surface area contributed by atoms with E-state index in [1.807, 2.05) is 0 Å². The molecule has 2 aliphatic rings. The smallest absolute Gasteiger partial charge is 0.00539 e. The fraction of sp³-hybridized carbons (Fsp3) is 1.00. The highest BCUT2D eigenvalue weighted by Gasteiger charge is 2.56. The fourth-order valence-electron chi connectivity index (χ4n) is 3.38. The van der Waals surface area contributed by atoms with Crippen LogP contribution in [-0.4, -0.2) is 49.6 Å². The van der Waals surface area contributed by atoms with E-state index in [0.29, 0.717) is 10.8 Å². The summed E-state index contributed by atoms with van der Waals surface area (Å²) in [6, 6.07) is 0. The molecule has 0 aromatic carbocycles. The summed E-state index contributed by atoms with van der Waals surface area (Å²) < 4.78 is 0. The van der Waals surface area contributed by atoms with E-state index in [1.54, 1.807) is 0 Å². The van der Waals surface area contributed by atoms with E-state index >= 15 is 0 Å². The van der Waals surface area contributed by atoms with Crippen molar-refractivity contribution in [2.75, 3.05) is 39.8 Å². The van der Waals surface area contributed by atoms with E-state index in [9.17, 15) is 0 Å². The third kappa shape index (κ3) is 1.23. The van der Waals surface area contributed by atoms with Gasteiger partial charge in [0.15, 0.2) is 0 Å². The SMILES string of the molecule is CCN1CC2(C)CN(C)CC2(C)C1. The van der Waals surface area contributed by atoms with Crippen molar-refractivity contribution in [3.05, 3.63) is 0 Å². The first-order valence-electron chi connectivity index (χ1n) is 5.40. The molecule has 2 nitrogen and oxygen atoms in total. The molecule has 0 aromatic rings. The summed E-state index contributed by atoms with van der Waals surface area (Å²) in [4.78, 5) is 5.10. The van der Waals surface area contributed by atoms with Gasteiger partial charge in [-0.25, -0.2) is 0 Å². The van der Waals surface area contributed by atoms with Gasteiger partial charge in [-0.3, -0.25) is 0 Å². The number of nitrogens with zero attached hydrogens (tertiary/aromatic N) is 2. The van der Waals surface area contributed by atoms with Crippen molar-refractivity contribution in [2.45, 2.75) is 20.8 Å². The van der Waals surface area contributed by atoms with Crippen LogP contribution in [0.25, 0.3) is 0 Å². The van der Waals surface area contributed by atoms with E-state index in [1.165, 1.54) is 32.7 Å². The maximum absolute atomic E-state index is 2.60. The molecule has 0 N–H and O–H groups in total. The summed E-state index contributed by atoms with van der Waals surface area (Å²) >= 11 is 0. The largest absolute Gasteiger partial charge is 0.305 e. The Morgan fingerprint density at radius 2 is 1.46 bits per heavy atom. The van der Waals surface area contributed by atoms with Gasteiger partial charge in [-0.1, -0.05) is 20.8 Å². The second-order valence-corrected chi connectivity index (χ2v) is 5.60. The third-order valence-electron chi connectivity index (χ3n) is 4.29. The molecule has 0 saturated carbocycles. The molecule has 2 saturated heterocycles. The highest BCUT2D eigenvalue weighted by Crippen LogP contribution is 2.50. The summed E-state index contributed by atoms with van der Waals surface area (Å²) in [6.07, 6.45) is 0. The zero-order valence-corrected chi connectivity index (χ0v) is 9.43. The molecule has 2 heteroatoms. The van der Waals surface area contributed by atoms with Crippen LogP contribution in [0.1, 0.15) is 20.8 Å². The van der Waals surface area contributed by atoms with Crippen LogP contribution in [0.4, 0.5) is 0 Å². The lowest BCUT2D eigenvalue weighted by Crippen LogP contribution is -2.34. The Morgan fingerprint density at radius 1 is 1.00 bits per heavy atom. The molecule has 2 unspecified atom stereocenters. The van der Waals surface area contributed by atoms with Gasteiger partial charge in [-0.2, -0.15) is 0 Å². The molecule has 0 aromatic heterocycles. The van der Waals surface area contributed by atoms with Crippen LogP contribution >= 0.6 is 0 Å². The van der Waals surface area contributed by atoms with Gasteiger partial charge >= 0.3 is 0 Å². The molecule has 0 amide bonds. The van der Waals surface area contributed by atoms with Crippen molar-refractivity contribution < 1.29 is 0 Å². The minimum atomic E-state index is 0.539. The van der Waals surface area contributed by atoms with Gasteiger partial charge in [-0.05, 0) is 13.6 Å². The Balaban J connectivity index is 2.20. The van der Waals surface area contributed by atoms with Crippen molar-refractivity contribution in [3.8, 4) is 0 Å². The maximum atomic E-state index is 2.60. The van der Waals surface area contributed by atoms with Gasteiger partial charge in [0, 0.05) is 37.0 Å². The van der Waals surface area contributed by atoms with Crippen LogP contribution in [0.5, 0.6) is 0 Å². The number of hydrogen-bond acceptors (Lipinski definition) is 2. The average molecular weight is 182 g/mol. The standard InChI is InChI=1S/C11H22N2/c1-5-13-8-10(2)6-12(4)7-11(10,3)9-13/h5-9H2,1-4H3. The molecule has 0 radical (unpaired) electrons. The van der Waals surface area contributed by atoms with Crippen LogP contribution in [0, 0.1) is 10.8 Å². The Morgan fingerprint density at radius 3 is 1.85 bits per heavy atom. The van der Waals surface area contributed by atoms with Gasteiger partial charge in [0.2, 0.25) is 0 Å². The highest BCUT2D eigenvalue weighted by molar-refractivity contribution is 5.08. The summed E-state index contributed by atoms with van der Waals surface area (Å²) in [5.74, 6) is 0. The van der Waals surface area contributed by atoms with Crippen LogP contribution in [0.3, 0.4) is 0 Å². The molecular weight excluding hydrogens is 160 g/mol. The molecule has 2 fully saturated rings. The number of rotatable bonds is 1. The minimum absolute atomic E-state index is 0.539. The zero-order chi connectivity index (χ0) is 9.69. The van der Waals surface area contributed by atoms with Crippen molar-refractivity contribution >= 4 is 0 Å². The lowest BCUT2D eigenvalue weighted by molar-refractivity contribution is 0.212. The average Bonchev–Trinajstić information content (AvgIpc) is 2.33. The topological polar surface area (TPSA) is 6.48 Å². The first-order chi connectivity index (χ1) is 5.99. The second kappa shape index (κ2) is 2.71. The number of fused-ring (bicyclic) bond motifs is 1. The molecule has 2 atom stereocenters. The molecule has 0 aliphatic carbocycles. The summed E-state index contributed by atoms with van der Waals surface area (Å²) in [5, 5.41) is 0. The second-order valence-electron chi connectivity index (χ2n) is 5.60. The Bertz CT molecular complexity index is 196. The Kier molecular flexibility index (Phi) is 1.97. The van der Waals surface area contributed by atoms with Crippen LogP contribution < -0.4 is 0 Å². The van der Waals surface area contributed by atoms with Crippen LogP contribution in [0.15, 0.2) is 0 Å². The first kappa shape index (κ1) is 9.47. The third-order valence-corrected chi connectivity index (χ3v) is 4.29. The number of hydrogen-bond donors (Lipinski definition) is 0. The molecular formula is C11H22N2. The van der Waals surface area contributed by atoms with E-state index in [4.69, 9.17) is 0 Å². The molecule has 2 heterocycles. The Labute approximate surface area is 81.9 Å². The maximum Gasteiger partial charge on any atom is 0.00539 e. The fourth-order valence-corrected chi connectivity index (χ4v) is 3.38. The monoisotopic (exact) mass is 182 g/mol. The molecule has 13 heavy (non-hydrogen) atoms. The van der Waals surface area contributed by atoms with E-state index < -0.39 is 0 Å². The normalized spacial score (nSPS) is 47.1. The van der Waals surface area contributed by atoms with E-state index in [-0.39, 0.29) is 0 Å². The van der Waals surface area contributed by atoms with Crippen LogP contribution in [-0.2, 0) is 0 Å². The minimum Gasteiger partial charge on any atom is -0.305 e. The molecule has 2 aliphatic heterocycles. The van der Waals surface area contributed by atoms with E-state index in [0.717, 1.165) is 0 Å². The lowest BCUT2D eigenvalue weighted by atomic mass is 9.71. The van der Waals surface area contributed by atoms with Crippen molar-refractivity contribution in [2.24, 2.45) is 10.8 Å². The molecule has 0 spiro atoms. The van der Waals surface area contributed by atoms with Crippen molar-refractivity contribution in [1.29, 1.82) is 0 Å². The molecule has 0 bridgehead atoms. The summed E-state index contributed by atoms with van der Waals surface area (Å²) in [6.45, 7) is 13.6. The highest BCUT2D eigenvalue weighted by atomic mass is 15.3. The Hall–Kier alpha value is -0.0800. The zero-order valence-electron chi connectivity index (χ0n) is 9.43. The first-order valence-corrected chi connectivity index (χ1v) is 5.40. The summed E-state index contributed by atoms with van der Waals surface area (Å²) in [7, 11) is 2.26. The van der Waals surface area contributed by atoms with Gasteiger partial charge in [0.05, 0.1) is 0 Å². The van der Waals surface area contributed by atoms with E-state index in [2.05, 4.69) is 37.6 Å². The van der Waals surface area contributed by atoms with Crippen molar-refractivity contribution in [1.82, 2.24) is 9.80 Å². The van der Waals surface area contributed by atoms with Gasteiger partial charge in [0.1, 0.15) is 0 Å². The predicted molar refractivity (Wildman–Crippen MR) is 55.8 cm³/mol. The lowest BCUT2D eigenvalue weighted by Gasteiger charge is -2.31. The van der Waals surface area contributed by atoms with Gasteiger partial charge < -0.3 is 9.80 Å². The van der Waals surface area contributed by atoms with Crippen LogP contribution in [0.2, 0.25) is 0 Å². The molecule has 2 rings (SSSR count). The van der Waals surface area contributed by atoms with Gasteiger partial charge in [-0.15, -0.1) is 0 Å². The quantitative estimate of drug-likeness (QED) is 0.603. The van der Waals surface area contributed by atoms with Gasteiger partial charge in [0.25, 0.3) is 0 Å². The summed E-state index contributed by atoms with van der Waals surface area (Å²) in [5.41, 5.74) is 1.08. The predicted octanol–water partition coefficient (Wildman–Crippen LogP) is 1.28. The number of likely N-dealkylation sites (tertiary alicyclic amines) is 2. The molecule has 76 valence electrons. The van der Waals surface area contributed by atoms with Crippen molar-refractivity contribution in [3.63, 3.8) is 0 Å².